The zero-order valence-electron chi connectivity index (χ0n) is 15.3. The average Bonchev–Trinajstić information content (AvgIpc) is 3.07. The quantitative estimate of drug-likeness (QED) is 0.500. The van der Waals surface area contributed by atoms with Crippen molar-refractivity contribution in [2.24, 2.45) is 11.7 Å². The number of fused-ring (bicyclic) bond motifs is 1. The molecule has 1 saturated carbocycles. The lowest BCUT2D eigenvalue weighted by Gasteiger charge is -2.34. The van der Waals surface area contributed by atoms with Crippen molar-refractivity contribution in [2.75, 3.05) is 17.2 Å². The number of hydrogen-bond donors (Lipinski definition) is 4. The smallest absolute Gasteiger partial charge is 0.224 e. The summed E-state index contributed by atoms with van der Waals surface area (Å²) < 4.78 is 0. The molecule has 1 amide bonds. The molecule has 1 aliphatic carbocycles. The minimum atomic E-state index is -0.277. The number of rotatable bonds is 7. The Morgan fingerprint density at radius 1 is 1.36 bits per heavy atom. The number of nitrogens with two attached hydrogens (primary N) is 1. The number of anilines is 2. The molecule has 0 saturated heterocycles. The van der Waals surface area contributed by atoms with Crippen LogP contribution in [0.4, 0.5) is 11.8 Å². The first-order valence-corrected chi connectivity index (χ1v) is 9.26. The number of aromatic nitrogens is 3. The molecule has 3 aromatic rings. The van der Waals surface area contributed by atoms with Crippen molar-refractivity contribution in [3.05, 3.63) is 47.8 Å². The van der Waals surface area contributed by atoms with Crippen molar-refractivity contribution in [1.82, 2.24) is 15.0 Å². The molecule has 28 heavy (non-hydrogen) atoms. The highest BCUT2D eigenvalue weighted by Crippen LogP contribution is 2.30. The standard InChI is InChI=1S/C20H21N7O/c21-9-14-11-25-20(27-19(14)26-15-7-13(8-15)18(22)28)23-6-5-12-10-24-17-4-2-1-3-16(12)17/h1-4,10-11,13,15,24H,5-8H2,(H2,22,28)(H2,23,25,26,27)/t13-,15-. The van der Waals surface area contributed by atoms with E-state index < -0.39 is 0 Å². The first-order valence-electron chi connectivity index (χ1n) is 9.26. The van der Waals surface area contributed by atoms with Crippen LogP contribution < -0.4 is 16.4 Å². The third-order valence-corrected chi connectivity index (χ3v) is 5.14. The van der Waals surface area contributed by atoms with Crippen LogP contribution in [-0.4, -0.2) is 33.4 Å². The molecule has 4 rings (SSSR count). The number of nitriles is 1. The highest BCUT2D eigenvalue weighted by atomic mass is 16.1. The lowest BCUT2D eigenvalue weighted by molar-refractivity contribution is -0.124. The highest BCUT2D eigenvalue weighted by molar-refractivity contribution is 5.83. The van der Waals surface area contributed by atoms with Crippen LogP contribution >= 0.6 is 0 Å². The number of primary amides is 1. The van der Waals surface area contributed by atoms with Gasteiger partial charge in [0.2, 0.25) is 11.9 Å². The van der Waals surface area contributed by atoms with Gasteiger partial charge in [0.25, 0.3) is 0 Å². The van der Waals surface area contributed by atoms with E-state index in [0.29, 0.717) is 36.7 Å². The van der Waals surface area contributed by atoms with Crippen molar-refractivity contribution in [3.8, 4) is 6.07 Å². The van der Waals surface area contributed by atoms with Crippen molar-refractivity contribution >= 4 is 28.6 Å². The number of nitrogens with one attached hydrogen (secondary N) is 3. The summed E-state index contributed by atoms with van der Waals surface area (Å²) in [5.74, 6) is 0.576. The summed E-state index contributed by atoms with van der Waals surface area (Å²) in [5, 5.41) is 16.9. The van der Waals surface area contributed by atoms with Crippen LogP contribution in [0.1, 0.15) is 24.0 Å². The van der Waals surface area contributed by atoms with Crippen LogP contribution in [0.5, 0.6) is 0 Å². The second-order valence-electron chi connectivity index (χ2n) is 7.02. The van der Waals surface area contributed by atoms with Crippen molar-refractivity contribution in [3.63, 3.8) is 0 Å². The summed E-state index contributed by atoms with van der Waals surface area (Å²) in [5.41, 5.74) is 8.03. The molecule has 8 nitrogen and oxygen atoms in total. The molecular weight excluding hydrogens is 354 g/mol. The van der Waals surface area contributed by atoms with E-state index in [1.54, 1.807) is 0 Å². The Balaban J connectivity index is 1.38. The summed E-state index contributed by atoms with van der Waals surface area (Å²) >= 11 is 0. The van der Waals surface area contributed by atoms with E-state index in [1.807, 2.05) is 18.3 Å². The van der Waals surface area contributed by atoms with Gasteiger partial charge in [-0.25, -0.2) is 4.98 Å². The molecule has 0 spiro atoms. The average molecular weight is 375 g/mol. The van der Waals surface area contributed by atoms with Crippen molar-refractivity contribution < 1.29 is 4.79 Å². The Hall–Kier alpha value is -3.60. The summed E-state index contributed by atoms with van der Waals surface area (Å²) in [6, 6.07) is 10.4. The van der Waals surface area contributed by atoms with Crippen LogP contribution in [0.25, 0.3) is 10.9 Å². The largest absolute Gasteiger partial charge is 0.369 e. The van der Waals surface area contributed by atoms with E-state index in [0.717, 1.165) is 11.9 Å². The third-order valence-electron chi connectivity index (χ3n) is 5.14. The second kappa shape index (κ2) is 7.56. The number of carbonyl (C=O) groups excluding carboxylic acids is 1. The zero-order chi connectivity index (χ0) is 19.5. The predicted molar refractivity (Wildman–Crippen MR) is 107 cm³/mol. The Labute approximate surface area is 162 Å². The van der Waals surface area contributed by atoms with Crippen LogP contribution in [0.3, 0.4) is 0 Å². The van der Waals surface area contributed by atoms with Gasteiger partial charge in [0.1, 0.15) is 17.5 Å². The first-order chi connectivity index (χ1) is 13.6. The fraction of sp³-hybridized carbons (Fsp3) is 0.300. The number of nitrogens with zero attached hydrogens (tertiary/aromatic N) is 3. The third kappa shape index (κ3) is 3.60. The predicted octanol–water partition coefficient (Wildman–Crippen LogP) is 2.16. The van der Waals surface area contributed by atoms with Crippen LogP contribution in [0.2, 0.25) is 0 Å². The Kier molecular flexibility index (Phi) is 4.81. The molecule has 2 heterocycles. The van der Waals surface area contributed by atoms with E-state index in [2.05, 4.69) is 43.8 Å². The second-order valence-corrected chi connectivity index (χ2v) is 7.02. The fourth-order valence-corrected chi connectivity index (χ4v) is 3.47. The van der Waals surface area contributed by atoms with Gasteiger partial charge in [0.05, 0.1) is 6.20 Å². The molecule has 0 aliphatic heterocycles. The maximum absolute atomic E-state index is 11.2. The van der Waals surface area contributed by atoms with Gasteiger partial charge in [-0.2, -0.15) is 10.2 Å². The van der Waals surface area contributed by atoms with Crippen LogP contribution in [0, 0.1) is 17.2 Å². The summed E-state index contributed by atoms with van der Waals surface area (Å²) in [4.78, 5) is 23.1. The molecule has 0 atom stereocenters. The van der Waals surface area contributed by atoms with Gasteiger partial charge in [-0.05, 0) is 30.9 Å². The van der Waals surface area contributed by atoms with E-state index >= 15 is 0 Å². The molecule has 1 fully saturated rings. The number of benzene rings is 1. The Morgan fingerprint density at radius 2 is 2.18 bits per heavy atom. The van der Waals surface area contributed by atoms with E-state index in [1.165, 1.54) is 17.1 Å². The molecule has 8 heteroatoms. The van der Waals surface area contributed by atoms with Gasteiger partial charge in [-0.1, -0.05) is 18.2 Å². The molecule has 1 aromatic carbocycles. The molecule has 0 unspecified atom stereocenters. The minimum absolute atomic E-state index is 0.0959. The van der Waals surface area contributed by atoms with E-state index in [4.69, 9.17) is 5.73 Å². The van der Waals surface area contributed by atoms with Crippen LogP contribution in [-0.2, 0) is 11.2 Å². The Bertz CT molecular complexity index is 1050. The molecule has 5 N–H and O–H groups in total. The molecular formula is C20H21N7O. The minimum Gasteiger partial charge on any atom is -0.369 e. The Morgan fingerprint density at radius 3 is 2.96 bits per heavy atom. The monoisotopic (exact) mass is 375 g/mol. The SMILES string of the molecule is N#Cc1cnc(NCCc2c[nH]c3ccccc23)nc1N[C@H]1C[C@H](C(N)=O)C1. The summed E-state index contributed by atoms with van der Waals surface area (Å²) in [6.07, 6.45) is 5.67. The molecule has 142 valence electrons. The number of hydrogen-bond acceptors (Lipinski definition) is 6. The number of aromatic amines is 1. The van der Waals surface area contributed by atoms with E-state index in [-0.39, 0.29) is 17.9 Å². The molecule has 0 bridgehead atoms. The highest BCUT2D eigenvalue weighted by Gasteiger charge is 2.33. The number of carbonyl (C=O) groups is 1. The van der Waals surface area contributed by atoms with Gasteiger partial charge >= 0.3 is 0 Å². The van der Waals surface area contributed by atoms with Crippen LogP contribution in [0.15, 0.2) is 36.7 Å². The van der Waals surface area contributed by atoms with Crippen molar-refractivity contribution in [2.45, 2.75) is 25.3 Å². The number of para-hydroxylation sites is 1. The number of amides is 1. The van der Waals surface area contributed by atoms with Gasteiger partial charge in [0, 0.05) is 35.6 Å². The summed E-state index contributed by atoms with van der Waals surface area (Å²) in [6.45, 7) is 0.667. The van der Waals surface area contributed by atoms with Gasteiger partial charge in [-0.15, -0.1) is 0 Å². The van der Waals surface area contributed by atoms with Gasteiger partial charge < -0.3 is 21.4 Å². The summed E-state index contributed by atoms with van der Waals surface area (Å²) in [7, 11) is 0. The maximum atomic E-state index is 11.2. The molecule has 2 aromatic heterocycles. The normalized spacial score (nSPS) is 18.2. The van der Waals surface area contributed by atoms with Gasteiger partial charge in [-0.3, -0.25) is 4.79 Å². The maximum Gasteiger partial charge on any atom is 0.224 e. The van der Waals surface area contributed by atoms with E-state index in [9.17, 15) is 10.1 Å². The lowest BCUT2D eigenvalue weighted by Crippen LogP contribution is -2.42. The lowest BCUT2D eigenvalue weighted by atomic mass is 9.80. The topological polar surface area (TPSA) is 133 Å². The van der Waals surface area contributed by atoms with Crippen molar-refractivity contribution in [1.29, 1.82) is 5.26 Å². The fourth-order valence-electron chi connectivity index (χ4n) is 3.47. The van der Waals surface area contributed by atoms with Gasteiger partial charge in [0.15, 0.2) is 0 Å². The zero-order valence-corrected chi connectivity index (χ0v) is 15.3. The molecule has 0 radical (unpaired) electrons. The molecule has 1 aliphatic rings. The number of H-pyrrole nitrogens is 1. The first kappa shape index (κ1) is 17.8.